The van der Waals surface area contributed by atoms with Gasteiger partial charge in [0.15, 0.2) is 0 Å². The molecule has 18 heteroatoms. The van der Waals surface area contributed by atoms with Gasteiger partial charge in [-0.3, -0.25) is 14.2 Å². The first-order valence-electron chi connectivity index (χ1n) is 30.3. The third kappa shape index (κ3) is 13.0. The van der Waals surface area contributed by atoms with Crippen molar-refractivity contribution in [2.75, 3.05) is 32.9 Å². The molecule has 0 radical (unpaired) electrons. The quantitative estimate of drug-likeness (QED) is 0.0266. The lowest BCUT2D eigenvalue weighted by Gasteiger charge is -2.30. The fourth-order valence-electron chi connectivity index (χ4n) is 12.6. The predicted octanol–water partition coefficient (Wildman–Crippen LogP) is 10.3. The average molecular weight is 1170 g/mol. The van der Waals surface area contributed by atoms with Crippen LogP contribution in [0.15, 0.2) is 143 Å². The summed E-state index contributed by atoms with van der Waals surface area (Å²) in [6.45, 7) is 5.95. The Morgan fingerprint density at radius 1 is 0.721 bits per heavy atom. The molecule has 0 spiro atoms. The zero-order chi connectivity index (χ0) is 59.8. The van der Waals surface area contributed by atoms with E-state index in [9.17, 15) is 33.9 Å². The van der Waals surface area contributed by atoms with Crippen LogP contribution in [0.25, 0.3) is 44.7 Å². The Hall–Kier alpha value is -8.61. The maximum absolute atomic E-state index is 14.7. The molecule has 4 amide bonds. The Balaban J connectivity index is 0.699. The molecular weight excluding hydrogens is 1090 g/mol. The topological polar surface area (TPSA) is 230 Å². The van der Waals surface area contributed by atoms with Crippen molar-refractivity contribution in [2.45, 2.75) is 133 Å². The highest BCUT2D eigenvalue weighted by Crippen LogP contribution is 2.46. The van der Waals surface area contributed by atoms with Gasteiger partial charge < -0.3 is 49.3 Å². The minimum Gasteiger partial charge on any atom is -0.461 e. The van der Waals surface area contributed by atoms with Crippen LogP contribution >= 0.6 is 0 Å². The first-order chi connectivity index (χ1) is 41.8. The van der Waals surface area contributed by atoms with Crippen molar-refractivity contribution < 1.29 is 52.4 Å². The molecule has 6 atom stereocenters. The number of carbonyl (C=O) groups excluding carboxylic acids is 5. The molecular formula is C68H74N6O12. The summed E-state index contributed by atoms with van der Waals surface area (Å²) in [4.78, 5) is 88.7. The summed E-state index contributed by atoms with van der Waals surface area (Å²) in [5.74, 6) is -2.05. The maximum Gasteiger partial charge on any atom is 0.407 e. The van der Waals surface area contributed by atoms with Crippen molar-refractivity contribution in [3.8, 4) is 33.6 Å². The first kappa shape index (κ1) is 59.1. The Bertz CT molecular complexity index is 3560. The van der Waals surface area contributed by atoms with Crippen LogP contribution in [0, 0.1) is 5.92 Å². The number of aliphatic hydroxyl groups excluding tert-OH is 1. The molecule has 0 bridgehead atoms. The van der Waals surface area contributed by atoms with E-state index < -0.39 is 78.1 Å². The number of nitrogens with one attached hydrogen (secondary N) is 3. The molecule has 2 aliphatic carbocycles. The van der Waals surface area contributed by atoms with Gasteiger partial charge >= 0.3 is 23.8 Å². The van der Waals surface area contributed by atoms with Gasteiger partial charge in [0.1, 0.15) is 56.0 Å². The fourth-order valence-corrected chi connectivity index (χ4v) is 12.6. The summed E-state index contributed by atoms with van der Waals surface area (Å²) in [6, 6.07) is 38.9. The van der Waals surface area contributed by atoms with Gasteiger partial charge in [-0.25, -0.2) is 19.2 Å². The summed E-state index contributed by atoms with van der Waals surface area (Å²) >= 11 is 0. The molecule has 2 aliphatic heterocycles. The first-order valence-corrected chi connectivity index (χ1v) is 30.3. The predicted molar refractivity (Wildman–Crippen MR) is 323 cm³/mol. The number of amides is 4. The largest absolute Gasteiger partial charge is 0.461 e. The zero-order valence-corrected chi connectivity index (χ0v) is 48.8. The number of nitrogens with zero attached hydrogens (tertiary/aromatic N) is 3. The lowest BCUT2D eigenvalue weighted by Crippen LogP contribution is -2.56. The smallest absolute Gasteiger partial charge is 0.407 e. The van der Waals surface area contributed by atoms with Gasteiger partial charge in [0, 0.05) is 43.1 Å². The minimum atomic E-state index is -1.14. The van der Waals surface area contributed by atoms with E-state index in [-0.39, 0.29) is 63.3 Å². The molecule has 7 aromatic rings. The molecule has 5 aromatic carbocycles. The SMILES string of the molecule is CCCCCc1ccc(-c2cc3cn([C@H]4C[C@H](O)[C@@H](COC(=O)[C@@H](NC(=O)[C@@H]5CCCN5C(=O)[C@H](CCCCNC(=O)OCC5c6ccccc6-c6ccccc65)NC(=O)OCC5c6ccccc6-c6ccccc65)C(C)C)O4)c(=O)nc3o2)cc1. The van der Waals surface area contributed by atoms with E-state index >= 15 is 0 Å². The number of aliphatic hydroxyl groups is 1. The lowest BCUT2D eigenvalue weighted by molar-refractivity contribution is -0.155. The summed E-state index contributed by atoms with van der Waals surface area (Å²) in [7, 11) is 0. The van der Waals surface area contributed by atoms with Gasteiger partial charge in [-0.1, -0.05) is 155 Å². The number of aryl methyl sites for hydroxylation is 1. The third-order valence-electron chi connectivity index (χ3n) is 17.2. The van der Waals surface area contributed by atoms with Gasteiger partial charge in [0.25, 0.3) is 0 Å². The van der Waals surface area contributed by atoms with Crippen molar-refractivity contribution in [1.82, 2.24) is 30.4 Å². The number of likely N-dealkylation sites (tertiary alicyclic amines) is 1. The van der Waals surface area contributed by atoms with Crippen LogP contribution in [0.2, 0.25) is 0 Å². The monoisotopic (exact) mass is 1170 g/mol. The lowest BCUT2D eigenvalue weighted by atomic mass is 9.98. The Morgan fingerprint density at radius 2 is 1.33 bits per heavy atom. The second-order valence-electron chi connectivity index (χ2n) is 23.2. The molecule has 18 nitrogen and oxygen atoms in total. The van der Waals surface area contributed by atoms with Crippen molar-refractivity contribution in [3.05, 3.63) is 172 Å². The van der Waals surface area contributed by atoms with Gasteiger partial charge in [0.2, 0.25) is 17.5 Å². The number of esters is 1. The standard InChI is InChI=1S/C68H74N6O12/c1-4-5-6-18-42-29-31-43(32-30-42)58-35-44-37-74(66(79)72-63(44)86-58)60-36-57(75)59(85-60)40-82-65(78)61(41(2)3)71-62(76)56-28-17-34-73(56)64(77)55(70-68(81)84-39-54-51-25-13-9-21-47(51)48-22-10-14-26-52(48)54)27-15-16-33-69-67(80)83-38-53-49-23-11-7-19-45(49)46-20-8-12-24-50(46)53/h7-14,19-26,29-32,35,37,41,53-57,59-61,75H,4-6,15-18,27-28,33-34,36,38-40H2,1-3H3,(H,69,80)(H,70,81)(H,71,76)/t55-,56-,57-,59+,60+,61-/m0/s1. The highest BCUT2D eigenvalue weighted by molar-refractivity contribution is 5.94. The van der Waals surface area contributed by atoms with Crippen LogP contribution < -0.4 is 21.6 Å². The van der Waals surface area contributed by atoms with E-state index in [2.05, 4.69) is 64.3 Å². The summed E-state index contributed by atoms with van der Waals surface area (Å²) in [6.07, 6.45) is 3.45. The van der Waals surface area contributed by atoms with E-state index in [4.69, 9.17) is 23.4 Å². The molecule has 0 unspecified atom stereocenters. The molecule has 4 aliphatic rings. The average Bonchev–Trinajstić information content (AvgIpc) is 2.93. The zero-order valence-electron chi connectivity index (χ0n) is 48.8. The number of carbonyl (C=O) groups is 5. The Labute approximate surface area is 499 Å². The highest BCUT2D eigenvalue weighted by atomic mass is 16.6. The van der Waals surface area contributed by atoms with Crippen LogP contribution in [0.3, 0.4) is 0 Å². The number of alkyl carbamates (subject to hydrolysis) is 2. The van der Waals surface area contributed by atoms with Crippen LogP contribution in [0.4, 0.5) is 9.59 Å². The number of hydrogen-bond donors (Lipinski definition) is 4. The Morgan fingerprint density at radius 3 is 1.93 bits per heavy atom. The number of benzene rings is 5. The van der Waals surface area contributed by atoms with Gasteiger partial charge in [-0.05, 0) is 107 Å². The maximum atomic E-state index is 14.7. The summed E-state index contributed by atoms with van der Waals surface area (Å²) in [5.41, 5.74) is 10.3. The molecule has 2 aromatic heterocycles. The van der Waals surface area contributed by atoms with Crippen molar-refractivity contribution >= 4 is 41.1 Å². The second-order valence-corrected chi connectivity index (χ2v) is 23.2. The number of rotatable bonds is 23. The number of hydrogen-bond acceptors (Lipinski definition) is 13. The number of aromatic nitrogens is 2. The van der Waals surface area contributed by atoms with Crippen LogP contribution in [0.1, 0.15) is 124 Å². The molecule has 4 N–H and O–H groups in total. The van der Waals surface area contributed by atoms with Crippen LogP contribution in [-0.4, -0.2) is 113 Å². The third-order valence-corrected chi connectivity index (χ3v) is 17.2. The minimum absolute atomic E-state index is 0.0186. The number of unbranched alkanes of at least 4 members (excludes halogenated alkanes) is 3. The summed E-state index contributed by atoms with van der Waals surface area (Å²) in [5, 5.41) is 20.2. The van der Waals surface area contributed by atoms with Crippen molar-refractivity contribution in [2.24, 2.45) is 5.92 Å². The van der Waals surface area contributed by atoms with E-state index in [1.165, 1.54) is 21.5 Å². The van der Waals surface area contributed by atoms with Crippen LogP contribution in [-0.2, 0) is 39.8 Å². The normalized spacial score (nSPS) is 18.5. The number of fused-ring (bicyclic) bond motifs is 7. The van der Waals surface area contributed by atoms with Gasteiger partial charge in [-0.2, -0.15) is 4.98 Å². The van der Waals surface area contributed by atoms with Gasteiger partial charge in [-0.15, -0.1) is 0 Å². The van der Waals surface area contributed by atoms with E-state index in [0.717, 1.165) is 69.3 Å². The molecule has 4 heterocycles. The number of furan rings is 1. The molecule has 0 saturated carbocycles. The van der Waals surface area contributed by atoms with Crippen LogP contribution in [0.5, 0.6) is 0 Å². The highest BCUT2D eigenvalue weighted by Gasteiger charge is 2.42. The van der Waals surface area contributed by atoms with Crippen molar-refractivity contribution in [1.29, 1.82) is 0 Å². The van der Waals surface area contributed by atoms with Crippen molar-refractivity contribution in [3.63, 3.8) is 0 Å². The van der Waals surface area contributed by atoms with Gasteiger partial charge in [0.05, 0.1) is 11.5 Å². The molecule has 448 valence electrons. The van der Waals surface area contributed by atoms with E-state index in [1.807, 2.05) is 84.9 Å². The second kappa shape index (κ2) is 26.8. The molecule has 2 saturated heterocycles. The number of ether oxygens (including phenoxy) is 4. The summed E-state index contributed by atoms with van der Waals surface area (Å²) < 4.78 is 30.8. The molecule has 86 heavy (non-hydrogen) atoms. The molecule has 2 fully saturated rings. The van der Waals surface area contributed by atoms with E-state index in [1.54, 1.807) is 26.1 Å². The fraction of sp³-hybridized carbons (Fsp3) is 0.397. The molecule has 11 rings (SSSR count). The Kier molecular flexibility index (Phi) is 18.4. The van der Waals surface area contributed by atoms with E-state index in [0.29, 0.717) is 36.8 Å².